The molecule has 2 aromatic rings. The van der Waals surface area contributed by atoms with E-state index in [0.29, 0.717) is 40.4 Å². The first-order valence-electron chi connectivity index (χ1n) is 10.5. The van der Waals surface area contributed by atoms with Crippen molar-refractivity contribution in [2.45, 2.75) is 25.8 Å². The van der Waals surface area contributed by atoms with Crippen LogP contribution in [-0.4, -0.2) is 52.5 Å². The second kappa shape index (κ2) is 11.5. The molecule has 1 heterocycles. The lowest BCUT2D eigenvalue weighted by atomic mass is 10.1. The van der Waals surface area contributed by atoms with Crippen LogP contribution in [0.3, 0.4) is 0 Å². The van der Waals surface area contributed by atoms with E-state index in [2.05, 4.69) is 11.9 Å². The summed E-state index contributed by atoms with van der Waals surface area (Å²) in [5.74, 6) is 0.221. The number of ether oxygens (including phenoxy) is 1. The van der Waals surface area contributed by atoms with E-state index in [0.717, 1.165) is 11.3 Å². The molecule has 33 heavy (non-hydrogen) atoms. The number of hydrogen-bond donors (Lipinski definition) is 1. The zero-order chi connectivity index (χ0) is 24.0. The highest BCUT2D eigenvalue weighted by atomic mass is 35.5. The highest BCUT2D eigenvalue weighted by Crippen LogP contribution is 2.25. The van der Waals surface area contributed by atoms with Gasteiger partial charge < -0.3 is 15.0 Å². The average molecular weight is 506 g/mol. The van der Waals surface area contributed by atoms with Crippen molar-refractivity contribution in [1.29, 1.82) is 0 Å². The molecule has 0 bridgehead atoms. The molecule has 0 saturated carbocycles. The number of nitrogens with zero attached hydrogens (tertiary/aromatic N) is 2. The van der Waals surface area contributed by atoms with E-state index in [1.54, 1.807) is 47.4 Å². The van der Waals surface area contributed by atoms with Gasteiger partial charge >= 0.3 is 0 Å². The molecular formula is C24H25Cl2N3O3S. The van der Waals surface area contributed by atoms with Crippen molar-refractivity contribution in [3.8, 4) is 5.75 Å². The van der Waals surface area contributed by atoms with Crippen LogP contribution in [0.25, 0.3) is 0 Å². The van der Waals surface area contributed by atoms with Gasteiger partial charge in [0, 0.05) is 28.8 Å². The van der Waals surface area contributed by atoms with Crippen molar-refractivity contribution < 1.29 is 14.3 Å². The largest absolute Gasteiger partial charge is 0.494 e. The van der Waals surface area contributed by atoms with Crippen molar-refractivity contribution in [1.82, 2.24) is 9.80 Å². The first-order valence-corrected chi connectivity index (χ1v) is 11.7. The van der Waals surface area contributed by atoms with Crippen LogP contribution in [-0.2, 0) is 16.0 Å². The van der Waals surface area contributed by atoms with Crippen LogP contribution in [0.1, 0.15) is 18.9 Å². The molecule has 6 nitrogen and oxygen atoms in total. The normalized spacial score (nSPS) is 15.7. The van der Waals surface area contributed by atoms with E-state index in [-0.39, 0.29) is 24.8 Å². The number of thiocarbonyl (C=S) groups is 1. The summed E-state index contributed by atoms with van der Waals surface area (Å²) in [4.78, 5) is 29.1. The van der Waals surface area contributed by atoms with Crippen molar-refractivity contribution in [2.75, 3.05) is 25.0 Å². The third kappa shape index (κ3) is 6.25. The number of anilines is 1. The molecule has 1 fully saturated rings. The molecule has 0 aliphatic carbocycles. The number of nitrogens with one attached hydrogen (secondary N) is 1. The van der Waals surface area contributed by atoms with Crippen LogP contribution in [0.4, 0.5) is 5.69 Å². The Bertz CT molecular complexity index is 1050. The van der Waals surface area contributed by atoms with Gasteiger partial charge in [0.1, 0.15) is 11.8 Å². The Morgan fingerprint density at radius 2 is 1.97 bits per heavy atom. The summed E-state index contributed by atoms with van der Waals surface area (Å²) in [6, 6.07) is 11.7. The average Bonchev–Trinajstić information content (AvgIpc) is 2.99. The predicted octanol–water partition coefficient (Wildman–Crippen LogP) is 4.95. The summed E-state index contributed by atoms with van der Waals surface area (Å²) in [6.45, 7) is 6.88. The van der Waals surface area contributed by atoms with Gasteiger partial charge in [-0.25, -0.2) is 0 Å². The van der Waals surface area contributed by atoms with Crippen LogP contribution in [0, 0.1) is 0 Å². The molecule has 3 rings (SSSR count). The van der Waals surface area contributed by atoms with Crippen LogP contribution in [0.2, 0.25) is 10.0 Å². The third-order valence-electron chi connectivity index (χ3n) is 5.18. The third-order valence-corrected chi connectivity index (χ3v) is 6.22. The van der Waals surface area contributed by atoms with Gasteiger partial charge in [-0.2, -0.15) is 0 Å². The Hall–Kier alpha value is -2.61. The fraction of sp³-hybridized carbons (Fsp3) is 0.292. The van der Waals surface area contributed by atoms with E-state index in [1.165, 1.54) is 4.90 Å². The Morgan fingerprint density at radius 3 is 2.61 bits per heavy atom. The maximum absolute atomic E-state index is 13.1. The van der Waals surface area contributed by atoms with E-state index >= 15 is 0 Å². The molecule has 2 amide bonds. The highest BCUT2D eigenvalue weighted by Gasteiger charge is 2.42. The predicted molar refractivity (Wildman–Crippen MR) is 136 cm³/mol. The lowest BCUT2D eigenvalue weighted by Gasteiger charge is -2.24. The fourth-order valence-corrected chi connectivity index (χ4v) is 4.48. The maximum Gasteiger partial charge on any atom is 0.252 e. The van der Waals surface area contributed by atoms with Gasteiger partial charge in [0.25, 0.3) is 5.91 Å². The highest BCUT2D eigenvalue weighted by molar-refractivity contribution is 7.80. The van der Waals surface area contributed by atoms with Crippen molar-refractivity contribution in [3.63, 3.8) is 0 Å². The SMILES string of the molecule is C=CCN1C(=O)C(CC(=O)Nc2ccc(OCC)cc2)N(CCc2ccc(Cl)cc2Cl)C1=S. The molecule has 1 atom stereocenters. The van der Waals surface area contributed by atoms with Crippen molar-refractivity contribution in [2.24, 2.45) is 0 Å². The van der Waals surface area contributed by atoms with Gasteiger partial charge in [-0.05, 0) is 67.5 Å². The smallest absolute Gasteiger partial charge is 0.252 e. The molecule has 0 aromatic heterocycles. The van der Waals surface area contributed by atoms with Gasteiger partial charge in [-0.3, -0.25) is 14.5 Å². The first kappa shape index (κ1) is 25.0. The second-order valence-electron chi connectivity index (χ2n) is 7.42. The lowest BCUT2D eigenvalue weighted by molar-refractivity contribution is -0.130. The van der Waals surface area contributed by atoms with E-state index in [9.17, 15) is 9.59 Å². The van der Waals surface area contributed by atoms with Gasteiger partial charge in [0.05, 0.1) is 13.0 Å². The molecule has 1 unspecified atom stereocenters. The maximum atomic E-state index is 13.1. The molecule has 174 valence electrons. The number of amides is 2. The quantitative estimate of drug-likeness (QED) is 0.365. The number of benzene rings is 2. The second-order valence-corrected chi connectivity index (χ2v) is 8.63. The van der Waals surface area contributed by atoms with E-state index < -0.39 is 6.04 Å². The summed E-state index contributed by atoms with van der Waals surface area (Å²) < 4.78 is 5.42. The Balaban J connectivity index is 1.71. The van der Waals surface area contributed by atoms with Crippen LogP contribution < -0.4 is 10.1 Å². The van der Waals surface area contributed by atoms with Gasteiger partial charge in [0.2, 0.25) is 5.91 Å². The summed E-state index contributed by atoms with van der Waals surface area (Å²) >= 11 is 17.8. The van der Waals surface area contributed by atoms with Crippen molar-refractivity contribution in [3.05, 3.63) is 70.7 Å². The fourth-order valence-electron chi connectivity index (χ4n) is 3.60. The van der Waals surface area contributed by atoms with E-state index in [4.69, 9.17) is 40.2 Å². The van der Waals surface area contributed by atoms with Gasteiger partial charge in [-0.15, -0.1) is 6.58 Å². The minimum atomic E-state index is -0.703. The number of hydrogen-bond acceptors (Lipinski definition) is 4. The van der Waals surface area contributed by atoms with Crippen LogP contribution in [0.5, 0.6) is 5.75 Å². The number of carbonyl (C=O) groups excluding carboxylic acids is 2. The molecule has 1 saturated heterocycles. The Labute approximate surface area is 209 Å². The Kier molecular flexibility index (Phi) is 8.72. The molecule has 1 aliphatic rings. The standard InChI is InChI=1S/C24H25Cl2N3O3S/c1-3-12-29-23(31)21(15-22(30)27-18-7-9-19(10-8-18)32-4-2)28(24(29)33)13-11-16-5-6-17(25)14-20(16)26/h3,5-10,14,21H,1,4,11-13,15H2,2H3,(H,27,30). The number of carbonyl (C=O) groups is 2. The molecule has 1 aliphatic heterocycles. The number of halogens is 2. The zero-order valence-electron chi connectivity index (χ0n) is 18.2. The molecule has 0 radical (unpaired) electrons. The topological polar surface area (TPSA) is 61.9 Å². The van der Waals surface area contributed by atoms with Crippen molar-refractivity contribution >= 4 is 58.0 Å². The zero-order valence-corrected chi connectivity index (χ0v) is 20.6. The van der Waals surface area contributed by atoms with Crippen LogP contribution in [0.15, 0.2) is 55.1 Å². The van der Waals surface area contributed by atoms with E-state index in [1.807, 2.05) is 13.0 Å². The lowest BCUT2D eigenvalue weighted by Crippen LogP contribution is -2.39. The summed E-state index contributed by atoms with van der Waals surface area (Å²) in [5, 5.41) is 4.32. The Morgan fingerprint density at radius 1 is 1.24 bits per heavy atom. The summed E-state index contributed by atoms with van der Waals surface area (Å²) in [7, 11) is 0. The van der Waals surface area contributed by atoms with Gasteiger partial charge in [-0.1, -0.05) is 35.3 Å². The summed E-state index contributed by atoms with van der Waals surface area (Å²) in [6.07, 6.45) is 2.12. The minimum absolute atomic E-state index is 0.0336. The first-order chi connectivity index (χ1) is 15.8. The number of rotatable bonds is 10. The molecule has 0 spiro atoms. The summed E-state index contributed by atoms with van der Waals surface area (Å²) in [5.41, 5.74) is 1.51. The molecular weight excluding hydrogens is 481 g/mol. The van der Waals surface area contributed by atoms with Gasteiger partial charge in [0.15, 0.2) is 5.11 Å². The molecule has 1 N–H and O–H groups in total. The van der Waals surface area contributed by atoms with Crippen LogP contribution >= 0.6 is 35.4 Å². The molecule has 2 aromatic carbocycles. The molecule has 9 heteroatoms. The minimum Gasteiger partial charge on any atom is -0.494 e. The monoisotopic (exact) mass is 505 g/mol.